The minimum Gasteiger partial charge on any atom is -0.493 e. The van der Waals surface area contributed by atoms with Gasteiger partial charge in [0.1, 0.15) is 5.54 Å². The summed E-state index contributed by atoms with van der Waals surface area (Å²) in [5, 5.41) is 23.3. The van der Waals surface area contributed by atoms with Gasteiger partial charge in [-0.2, -0.15) is 0 Å². The van der Waals surface area contributed by atoms with E-state index >= 15 is 0 Å². The van der Waals surface area contributed by atoms with E-state index in [9.17, 15) is 15.0 Å². The highest BCUT2D eigenvalue weighted by molar-refractivity contribution is 5.84. The van der Waals surface area contributed by atoms with Crippen LogP contribution in [0, 0.1) is 13.8 Å². The number of pyridine rings is 1. The fourth-order valence-electron chi connectivity index (χ4n) is 4.84. The first-order valence-electron chi connectivity index (χ1n) is 11.4. The number of carbonyl (C=O) groups is 1. The van der Waals surface area contributed by atoms with E-state index in [1.165, 1.54) is 12.8 Å². The number of ether oxygens (including phenoxy) is 2. The highest BCUT2D eigenvalue weighted by atomic mass is 16.5. The molecular formula is C25H32N2O5. The quantitative estimate of drug-likeness (QED) is 0.579. The Morgan fingerprint density at radius 3 is 2.56 bits per heavy atom. The Morgan fingerprint density at radius 2 is 1.91 bits per heavy atom. The van der Waals surface area contributed by atoms with Crippen LogP contribution in [0.25, 0.3) is 11.3 Å². The van der Waals surface area contributed by atoms with Crippen molar-refractivity contribution in [3.63, 3.8) is 0 Å². The van der Waals surface area contributed by atoms with Gasteiger partial charge >= 0.3 is 5.97 Å². The summed E-state index contributed by atoms with van der Waals surface area (Å²) >= 11 is 0. The highest BCUT2D eigenvalue weighted by Crippen LogP contribution is 2.35. The first kappa shape index (κ1) is 22.6. The van der Waals surface area contributed by atoms with Crippen LogP contribution in [-0.4, -0.2) is 46.0 Å². The van der Waals surface area contributed by atoms with Gasteiger partial charge in [-0.1, -0.05) is 12.8 Å². The number of aromatic nitrogens is 1. The van der Waals surface area contributed by atoms with Gasteiger partial charge in [-0.05, 0) is 61.6 Å². The molecule has 0 spiro atoms. The first-order chi connectivity index (χ1) is 15.4. The van der Waals surface area contributed by atoms with Gasteiger partial charge in [-0.25, -0.2) is 9.78 Å². The zero-order valence-corrected chi connectivity index (χ0v) is 18.8. The molecule has 0 unspecified atom stereocenters. The largest absolute Gasteiger partial charge is 0.493 e. The zero-order valence-electron chi connectivity index (χ0n) is 18.8. The summed E-state index contributed by atoms with van der Waals surface area (Å²) in [7, 11) is 0. The normalized spacial score (nSPS) is 18.6. The van der Waals surface area contributed by atoms with Crippen LogP contribution in [0.4, 0.5) is 5.69 Å². The van der Waals surface area contributed by atoms with Gasteiger partial charge in [0.15, 0.2) is 0 Å². The summed E-state index contributed by atoms with van der Waals surface area (Å²) in [5.74, 6) is -0.882. The molecule has 2 heterocycles. The number of aliphatic carboxylic acids is 1. The van der Waals surface area contributed by atoms with Crippen molar-refractivity contribution in [1.82, 2.24) is 4.98 Å². The smallest absolute Gasteiger partial charge is 0.329 e. The maximum atomic E-state index is 12.1. The molecule has 2 fully saturated rings. The molecule has 1 aliphatic heterocycles. The van der Waals surface area contributed by atoms with Gasteiger partial charge in [0, 0.05) is 43.4 Å². The lowest BCUT2D eigenvalue weighted by atomic mass is 9.89. The number of aryl methyl sites for hydroxylation is 2. The molecule has 2 aromatic rings. The van der Waals surface area contributed by atoms with Crippen molar-refractivity contribution in [3.05, 3.63) is 41.0 Å². The summed E-state index contributed by atoms with van der Waals surface area (Å²) in [4.78, 5) is 16.5. The van der Waals surface area contributed by atoms with E-state index in [2.05, 4.69) is 10.3 Å². The van der Waals surface area contributed by atoms with E-state index in [0.717, 1.165) is 40.8 Å². The third-order valence-electron chi connectivity index (χ3n) is 6.55. The second-order valence-electron chi connectivity index (χ2n) is 9.06. The Hall–Kier alpha value is -2.64. The molecule has 7 nitrogen and oxygen atoms in total. The molecule has 1 saturated carbocycles. The van der Waals surface area contributed by atoms with Gasteiger partial charge in [0.2, 0.25) is 5.88 Å². The summed E-state index contributed by atoms with van der Waals surface area (Å²) in [6.45, 7) is 5.15. The zero-order chi connectivity index (χ0) is 22.7. The molecule has 1 aliphatic carbocycles. The van der Waals surface area contributed by atoms with E-state index in [1.807, 2.05) is 32.0 Å². The molecule has 1 aromatic heterocycles. The van der Waals surface area contributed by atoms with Crippen LogP contribution in [0.15, 0.2) is 24.3 Å². The summed E-state index contributed by atoms with van der Waals surface area (Å²) in [6.07, 6.45) is 5.58. The molecule has 32 heavy (non-hydrogen) atoms. The molecule has 0 radical (unpaired) electrons. The number of hydrogen-bond acceptors (Lipinski definition) is 6. The van der Waals surface area contributed by atoms with E-state index < -0.39 is 11.5 Å². The second-order valence-corrected chi connectivity index (χ2v) is 9.06. The number of hydrogen-bond donors (Lipinski definition) is 3. The average Bonchev–Trinajstić information content (AvgIpc) is 3.25. The number of aromatic hydroxyl groups is 1. The fraction of sp³-hybridized carbons (Fsp3) is 0.520. The molecule has 0 atom stereocenters. The number of anilines is 1. The molecule has 2 aliphatic rings. The van der Waals surface area contributed by atoms with E-state index in [4.69, 9.17) is 9.47 Å². The van der Waals surface area contributed by atoms with Crippen molar-refractivity contribution in [2.75, 3.05) is 18.5 Å². The number of carboxylic acid groups (broad SMARTS) is 1. The average molecular weight is 441 g/mol. The fourth-order valence-corrected chi connectivity index (χ4v) is 4.84. The standard InChI is InChI=1S/C25H32N2O5/c1-16-11-21(26-22(28)12-16)23-17(2)13-19(14-18(23)15-32-20-5-3-4-6-20)27-25(24(29)30)7-9-31-10-8-25/h11-14,20,27H,3-10,15H2,1-2H3,(H,26,28)(H,29,30). The minimum atomic E-state index is -1.05. The minimum absolute atomic E-state index is 0.0173. The summed E-state index contributed by atoms with van der Waals surface area (Å²) in [6, 6.07) is 7.50. The maximum Gasteiger partial charge on any atom is 0.329 e. The van der Waals surface area contributed by atoms with Gasteiger partial charge in [-0.15, -0.1) is 0 Å². The lowest BCUT2D eigenvalue weighted by molar-refractivity contribution is -0.145. The van der Waals surface area contributed by atoms with E-state index in [-0.39, 0.29) is 12.0 Å². The van der Waals surface area contributed by atoms with Crippen molar-refractivity contribution in [2.45, 2.75) is 70.6 Å². The molecule has 0 amide bonds. The number of carboxylic acids is 1. The molecule has 1 aromatic carbocycles. The van der Waals surface area contributed by atoms with Crippen LogP contribution < -0.4 is 5.32 Å². The Morgan fingerprint density at radius 1 is 1.19 bits per heavy atom. The molecule has 172 valence electrons. The van der Waals surface area contributed by atoms with Crippen molar-refractivity contribution >= 4 is 11.7 Å². The van der Waals surface area contributed by atoms with Crippen LogP contribution in [0.3, 0.4) is 0 Å². The number of rotatable bonds is 7. The Balaban J connectivity index is 1.71. The van der Waals surface area contributed by atoms with Crippen molar-refractivity contribution < 1.29 is 24.5 Å². The Labute approximate surface area is 188 Å². The predicted molar refractivity (Wildman–Crippen MR) is 122 cm³/mol. The number of nitrogens with one attached hydrogen (secondary N) is 1. The van der Waals surface area contributed by atoms with E-state index in [0.29, 0.717) is 38.4 Å². The molecule has 1 saturated heterocycles. The molecule has 3 N–H and O–H groups in total. The lowest BCUT2D eigenvalue weighted by Crippen LogP contribution is -2.50. The lowest BCUT2D eigenvalue weighted by Gasteiger charge is -2.35. The predicted octanol–water partition coefficient (Wildman–Crippen LogP) is 4.58. The highest BCUT2D eigenvalue weighted by Gasteiger charge is 2.40. The first-order valence-corrected chi connectivity index (χ1v) is 11.4. The molecular weight excluding hydrogens is 408 g/mol. The molecule has 7 heteroatoms. The van der Waals surface area contributed by atoms with Gasteiger partial charge in [-0.3, -0.25) is 0 Å². The molecule has 0 bridgehead atoms. The van der Waals surface area contributed by atoms with Crippen molar-refractivity contribution in [3.8, 4) is 17.1 Å². The summed E-state index contributed by atoms with van der Waals surface area (Å²) in [5.41, 5.74) is 4.12. The van der Waals surface area contributed by atoms with Crippen LogP contribution in [0.5, 0.6) is 5.88 Å². The van der Waals surface area contributed by atoms with Gasteiger partial charge in [0.25, 0.3) is 0 Å². The Bertz CT molecular complexity index is 958. The maximum absolute atomic E-state index is 12.1. The van der Waals surface area contributed by atoms with Gasteiger partial charge < -0.3 is 25.0 Å². The third-order valence-corrected chi connectivity index (χ3v) is 6.55. The van der Waals surface area contributed by atoms with Crippen LogP contribution in [0.2, 0.25) is 0 Å². The summed E-state index contributed by atoms with van der Waals surface area (Å²) < 4.78 is 11.6. The number of benzene rings is 1. The Kier molecular flexibility index (Phi) is 6.67. The van der Waals surface area contributed by atoms with E-state index in [1.54, 1.807) is 6.07 Å². The number of nitrogens with zero attached hydrogens (tertiary/aromatic N) is 1. The van der Waals surface area contributed by atoms with Crippen molar-refractivity contribution in [1.29, 1.82) is 0 Å². The van der Waals surface area contributed by atoms with Gasteiger partial charge in [0.05, 0.1) is 18.4 Å². The van der Waals surface area contributed by atoms with Crippen LogP contribution >= 0.6 is 0 Å². The van der Waals surface area contributed by atoms with Crippen LogP contribution in [-0.2, 0) is 20.9 Å². The van der Waals surface area contributed by atoms with Crippen molar-refractivity contribution in [2.24, 2.45) is 0 Å². The monoisotopic (exact) mass is 440 g/mol. The topological polar surface area (TPSA) is 101 Å². The third kappa shape index (κ3) is 4.89. The molecule has 4 rings (SSSR count). The SMILES string of the molecule is Cc1cc(O)nc(-c2c(C)cc(NC3(C(=O)O)CCOCC3)cc2COC2CCCC2)c1. The second kappa shape index (κ2) is 9.46. The van der Waals surface area contributed by atoms with Crippen LogP contribution in [0.1, 0.15) is 55.2 Å².